The molecule has 10 heteroatoms. The van der Waals surface area contributed by atoms with Crippen LogP contribution < -0.4 is 16.0 Å². The zero-order valence-corrected chi connectivity index (χ0v) is 12.8. The van der Waals surface area contributed by atoms with Crippen LogP contribution in [0.4, 0.5) is 0 Å². The molecule has 0 aromatic carbocycles. The van der Waals surface area contributed by atoms with Crippen LogP contribution in [0.1, 0.15) is 13.3 Å². The molecule has 128 valence electrons. The molecular formula is C13H20N4O6. The van der Waals surface area contributed by atoms with Gasteiger partial charge < -0.3 is 30.4 Å². The summed E-state index contributed by atoms with van der Waals surface area (Å²) in [6.45, 7) is 0.00622. The van der Waals surface area contributed by atoms with E-state index in [9.17, 15) is 28.8 Å². The minimum absolute atomic E-state index is 0.199. The van der Waals surface area contributed by atoms with Crippen LogP contribution in [0.2, 0.25) is 0 Å². The first kappa shape index (κ1) is 20.2. The van der Waals surface area contributed by atoms with Crippen molar-refractivity contribution in [1.82, 2.24) is 20.9 Å². The van der Waals surface area contributed by atoms with E-state index in [0.717, 1.165) is 4.90 Å². The summed E-state index contributed by atoms with van der Waals surface area (Å²) in [5.41, 5.74) is 0. The van der Waals surface area contributed by atoms with E-state index in [1.165, 1.54) is 0 Å². The Morgan fingerprint density at radius 2 is 1.52 bits per heavy atom. The van der Waals surface area contributed by atoms with E-state index in [-0.39, 0.29) is 32.0 Å². The number of rotatable bonds is 11. The minimum Gasteiger partial charge on any atom is -0.348 e. The fourth-order valence-electron chi connectivity index (χ4n) is 1.38. The lowest BCUT2D eigenvalue weighted by Crippen LogP contribution is -2.47. The maximum absolute atomic E-state index is 11.9. The average Bonchev–Trinajstić information content (AvgIpc) is 2.54. The van der Waals surface area contributed by atoms with Gasteiger partial charge in [0.05, 0.1) is 26.2 Å². The predicted molar refractivity (Wildman–Crippen MR) is 78.0 cm³/mol. The Kier molecular flexibility index (Phi) is 10.4. The van der Waals surface area contributed by atoms with Gasteiger partial charge in [0.1, 0.15) is 19.1 Å². The van der Waals surface area contributed by atoms with Crippen LogP contribution in [-0.2, 0) is 28.8 Å². The normalized spacial score (nSPS) is 9.43. The van der Waals surface area contributed by atoms with Gasteiger partial charge in [-0.1, -0.05) is 6.92 Å². The van der Waals surface area contributed by atoms with Gasteiger partial charge in [-0.05, 0) is 0 Å². The van der Waals surface area contributed by atoms with Gasteiger partial charge in [-0.15, -0.1) is 0 Å². The largest absolute Gasteiger partial charge is 0.348 e. The number of carbonyl (C=O) groups excluding carboxylic acids is 6. The molecule has 0 unspecified atom stereocenters. The quantitative estimate of drug-likeness (QED) is 0.344. The highest BCUT2D eigenvalue weighted by Gasteiger charge is 2.17. The molecule has 0 aliphatic heterocycles. The van der Waals surface area contributed by atoms with Gasteiger partial charge >= 0.3 is 0 Å². The third-order valence-corrected chi connectivity index (χ3v) is 2.57. The molecule has 3 N–H and O–H groups in total. The van der Waals surface area contributed by atoms with Crippen LogP contribution in [0, 0.1) is 0 Å². The summed E-state index contributed by atoms with van der Waals surface area (Å²) in [5.74, 6) is -2.13. The zero-order valence-electron chi connectivity index (χ0n) is 12.8. The second-order valence-corrected chi connectivity index (χ2v) is 4.32. The fraction of sp³-hybridized carbons (Fsp3) is 0.538. The number of aldehydes is 2. The Morgan fingerprint density at radius 3 is 2.09 bits per heavy atom. The highest BCUT2D eigenvalue weighted by atomic mass is 16.2. The highest BCUT2D eigenvalue weighted by molar-refractivity contribution is 5.91. The number of hydrogen-bond donors (Lipinski definition) is 3. The van der Waals surface area contributed by atoms with E-state index in [1.807, 2.05) is 0 Å². The molecule has 0 aromatic heterocycles. The van der Waals surface area contributed by atoms with E-state index >= 15 is 0 Å². The van der Waals surface area contributed by atoms with Crippen LogP contribution in [-0.4, -0.2) is 73.8 Å². The van der Waals surface area contributed by atoms with Crippen LogP contribution in [0.25, 0.3) is 0 Å². The molecule has 0 saturated heterocycles. The van der Waals surface area contributed by atoms with E-state index in [2.05, 4.69) is 16.0 Å². The summed E-state index contributed by atoms with van der Waals surface area (Å²) in [6.07, 6.45) is 1.15. The Hall–Kier alpha value is -2.78. The molecule has 23 heavy (non-hydrogen) atoms. The van der Waals surface area contributed by atoms with Crippen molar-refractivity contribution < 1.29 is 28.8 Å². The van der Waals surface area contributed by atoms with E-state index in [4.69, 9.17) is 0 Å². The van der Waals surface area contributed by atoms with E-state index in [1.54, 1.807) is 6.92 Å². The molecule has 0 rings (SSSR count). The lowest BCUT2D eigenvalue weighted by atomic mass is 10.4. The first-order valence-corrected chi connectivity index (χ1v) is 6.89. The van der Waals surface area contributed by atoms with Crippen molar-refractivity contribution >= 4 is 36.2 Å². The Bertz CT molecular complexity index is 465. The Balaban J connectivity index is 4.31. The summed E-state index contributed by atoms with van der Waals surface area (Å²) in [7, 11) is 0. The number of hydrogen-bond acceptors (Lipinski definition) is 6. The molecule has 10 nitrogen and oxygen atoms in total. The van der Waals surface area contributed by atoms with Crippen LogP contribution in [0.5, 0.6) is 0 Å². The van der Waals surface area contributed by atoms with Crippen LogP contribution in [0.15, 0.2) is 0 Å². The van der Waals surface area contributed by atoms with Crippen molar-refractivity contribution in [2.75, 3.05) is 32.7 Å². The lowest BCUT2D eigenvalue weighted by molar-refractivity contribution is -0.137. The maximum atomic E-state index is 11.9. The van der Waals surface area contributed by atoms with Crippen molar-refractivity contribution in [3.05, 3.63) is 0 Å². The summed E-state index contributed by atoms with van der Waals surface area (Å²) >= 11 is 0. The van der Waals surface area contributed by atoms with Crippen molar-refractivity contribution in [3.8, 4) is 0 Å². The molecule has 0 saturated carbocycles. The van der Waals surface area contributed by atoms with Gasteiger partial charge in [-0.3, -0.25) is 19.2 Å². The predicted octanol–water partition coefficient (Wildman–Crippen LogP) is -3.03. The standard InChI is InChI=1S/C13H20N4O6/c1-2-10(20)15-7-11(21)16-8-13(23)17(4-6-19)9-12(22)14-3-5-18/h5-6H,2-4,7-9H2,1H3,(H,14,22)(H,15,20)(H,16,21). The van der Waals surface area contributed by atoms with Gasteiger partial charge in [0.2, 0.25) is 23.6 Å². The van der Waals surface area contributed by atoms with Gasteiger partial charge in [0, 0.05) is 6.42 Å². The fourth-order valence-corrected chi connectivity index (χ4v) is 1.38. The lowest BCUT2D eigenvalue weighted by Gasteiger charge is -2.19. The zero-order chi connectivity index (χ0) is 17.7. The first-order valence-electron chi connectivity index (χ1n) is 6.89. The monoisotopic (exact) mass is 328 g/mol. The SMILES string of the molecule is CCC(=O)NCC(=O)NCC(=O)N(CC=O)CC(=O)NCC=O. The topological polar surface area (TPSA) is 142 Å². The molecule has 0 heterocycles. The van der Waals surface area contributed by atoms with Crippen LogP contribution >= 0.6 is 0 Å². The second-order valence-electron chi connectivity index (χ2n) is 4.32. The smallest absolute Gasteiger partial charge is 0.242 e. The molecule has 0 aliphatic rings. The van der Waals surface area contributed by atoms with Crippen molar-refractivity contribution in [2.24, 2.45) is 0 Å². The maximum Gasteiger partial charge on any atom is 0.242 e. The molecular weight excluding hydrogens is 308 g/mol. The summed E-state index contributed by atoms with van der Waals surface area (Å²) in [4.78, 5) is 67.3. The molecule has 0 radical (unpaired) electrons. The molecule has 0 aliphatic carbocycles. The van der Waals surface area contributed by atoms with Gasteiger partial charge in [-0.25, -0.2) is 0 Å². The van der Waals surface area contributed by atoms with Gasteiger partial charge in [0.25, 0.3) is 0 Å². The van der Waals surface area contributed by atoms with E-state index in [0.29, 0.717) is 12.6 Å². The first-order chi connectivity index (χ1) is 10.9. The molecule has 0 spiro atoms. The number of amides is 4. The summed E-state index contributed by atoms with van der Waals surface area (Å²) in [5, 5.41) is 6.83. The molecule has 0 atom stereocenters. The average molecular weight is 328 g/mol. The number of nitrogens with zero attached hydrogens (tertiary/aromatic N) is 1. The molecule has 0 bridgehead atoms. The minimum atomic E-state index is -0.645. The van der Waals surface area contributed by atoms with Crippen molar-refractivity contribution in [2.45, 2.75) is 13.3 Å². The number of carbonyl (C=O) groups is 6. The second kappa shape index (κ2) is 11.8. The van der Waals surface area contributed by atoms with Crippen molar-refractivity contribution in [3.63, 3.8) is 0 Å². The van der Waals surface area contributed by atoms with Crippen molar-refractivity contribution in [1.29, 1.82) is 0 Å². The molecule has 0 aromatic rings. The van der Waals surface area contributed by atoms with Gasteiger partial charge in [-0.2, -0.15) is 0 Å². The summed E-state index contributed by atoms with van der Waals surface area (Å²) < 4.78 is 0. The molecule has 4 amide bonds. The summed E-state index contributed by atoms with van der Waals surface area (Å²) in [6, 6.07) is 0. The Labute approximate surface area is 132 Å². The Morgan fingerprint density at radius 1 is 0.870 bits per heavy atom. The number of nitrogens with one attached hydrogen (secondary N) is 3. The third-order valence-electron chi connectivity index (χ3n) is 2.57. The molecule has 0 fully saturated rings. The third kappa shape index (κ3) is 9.72. The van der Waals surface area contributed by atoms with Crippen LogP contribution in [0.3, 0.4) is 0 Å². The van der Waals surface area contributed by atoms with Gasteiger partial charge in [0.15, 0.2) is 0 Å². The van der Waals surface area contributed by atoms with E-state index < -0.39 is 30.8 Å². The highest BCUT2D eigenvalue weighted by Crippen LogP contribution is 1.88.